The summed E-state index contributed by atoms with van der Waals surface area (Å²) < 4.78 is 8.55. The van der Waals surface area contributed by atoms with Gasteiger partial charge in [0.25, 0.3) is 0 Å². The maximum atomic E-state index is 6.15. The minimum absolute atomic E-state index is 0.460. The van der Waals surface area contributed by atoms with E-state index in [4.69, 9.17) is 14.4 Å². The first-order chi connectivity index (χ1) is 25.7. The normalized spacial score (nSPS) is 14.7. The predicted molar refractivity (Wildman–Crippen MR) is 215 cm³/mol. The first-order valence-corrected chi connectivity index (χ1v) is 17.6. The molecule has 0 amide bonds. The van der Waals surface area contributed by atoms with Gasteiger partial charge in [-0.3, -0.25) is 0 Å². The van der Waals surface area contributed by atoms with Gasteiger partial charge in [-0.1, -0.05) is 115 Å². The monoisotopic (exact) mass is 666 g/mol. The van der Waals surface area contributed by atoms with Crippen LogP contribution in [0.25, 0.3) is 71.0 Å². The summed E-state index contributed by atoms with van der Waals surface area (Å²) in [6.07, 6.45) is -0.460. The highest BCUT2D eigenvalue weighted by molar-refractivity contribution is 6.23. The van der Waals surface area contributed by atoms with Crippen LogP contribution in [0.15, 0.2) is 184 Å². The van der Waals surface area contributed by atoms with Crippen LogP contribution < -0.4 is 5.32 Å². The number of hydrogen-bond acceptors (Lipinski definition) is 4. The Morgan fingerprint density at radius 2 is 1.17 bits per heavy atom. The van der Waals surface area contributed by atoms with E-state index in [2.05, 4.69) is 137 Å². The fraction of sp³-hybridized carbons (Fsp3) is 0.0213. The third-order valence-electron chi connectivity index (χ3n) is 10.4. The van der Waals surface area contributed by atoms with Crippen LogP contribution in [0.1, 0.15) is 22.9 Å². The van der Waals surface area contributed by atoms with E-state index in [-0.39, 0.29) is 0 Å². The Kier molecular flexibility index (Phi) is 6.25. The van der Waals surface area contributed by atoms with Crippen LogP contribution >= 0.6 is 0 Å². The second-order valence-electron chi connectivity index (χ2n) is 13.5. The topological polar surface area (TPSA) is 54.8 Å². The highest BCUT2D eigenvalue weighted by atomic mass is 16.3. The zero-order valence-corrected chi connectivity index (χ0v) is 28.0. The van der Waals surface area contributed by atoms with E-state index < -0.39 is 6.17 Å². The lowest BCUT2D eigenvalue weighted by Gasteiger charge is -2.23. The van der Waals surface area contributed by atoms with Crippen molar-refractivity contribution in [1.29, 1.82) is 0 Å². The molecule has 1 aliphatic rings. The van der Waals surface area contributed by atoms with E-state index in [9.17, 15) is 0 Å². The van der Waals surface area contributed by atoms with Crippen molar-refractivity contribution in [1.82, 2.24) is 9.88 Å². The molecule has 11 rings (SSSR count). The van der Waals surface area contributed by atoms with Gasteiger partial charge in [0.2, 0.25) is 0 Å². The van der Waals surface area contributed by atoms with Gasteiger partial charge in [0.1, 0.15) is 22.8 Å². The number of furan rings is 1. The number of aliphatic imine (C=N–C) groups is 2. The molecule has 3 heterocycles. The van der Waals surface area contributed by atoms with Gasteiger partial charge in [0.15, 0.2) is 6.17 Å². The lowest BCUT2D eigenvalue weighted by molar-refractivity contribution is 0.669. The van der Waals surface area contributed by atoms with Crippen LogP contribution in [0.3, 0.4) is 0 Å². The zero-order chi connectivity index (χ0) is 34.2. The first kappa shape index (κ1) is 28.8. The molecule has 5 heteroatoms. The summed E-state index contributed by atoms with van der Waals surface area (Å²) in [5, 5.41) is 13.2. The minimum atomic E-state index is -0.460. The van der Waals surface area contributed by atoms with Crippen LogP contribution in [0, 0.1) is 0 Å². The number of nitrogens with one attached hydrogen (secondary N) is 1. The molecule has 1 aliphatic heterocycles. The van der Waals surface area contributed by atoms with E-state index in [1.54, 1.807) is 0 Å². The lowest BCUT2D eigenvalue weighted by Crippen LogP contribution is -2.36. The summed E-state index contributed by atoms with van der Waals surface area (Å²) >= 11 is 0. The molecular formula is C47H30N4O. The molecule has 10 aromatic rings. The van der Waals surface area contributed by atoms with Crippen molar-refractivity contribution in [2.75, 3.05) is 0 Å². The molecule has 244 valence electrons. The van der Waals surface area contributed by atoms with Crippen molar-refractivity contribution in [3.8, 4) is 5.69 Å². The highest BCUT2D eigenvalue weighted by Gasteiger charge is 2.23. The number of para-hydroxylation sites is 1. The molecule has 1 atom stereocenters. The molecule has 0 saturated heterocycles. The van der Waals surface area contributed by atoms with Gasteiger partial charge in [-0.25, -0.2) is 9.98 Å². The Bertz CT molecular complexity index is 3110. The summed E-state index contributed by atoms with van der Waals surface area (Å²) in [6, 6.07) is 59.9. The molecule has 0 spiro atoms. The molecular weight excluding hydrogens is 637 g/mol. The van der Waals surface area contributed by atoms with Crippen LogP contribution in [0.4, 0.5) is 0 Å². The molecule has 0 saturated carbocycles. The van der Waals surface area contributed by atoms with Gasteiger partial charge in [0.05, 0.1) is 11.0 Å². The van der Waals surface area contributed by atoms with Crippen molar-refractivity contribution in [3.05, 3.63) is 187 Å². The number of nitrogens with zero attached hydrogens (tertiary/aromatic N) is 3. The Morgan fingerprint density at radius 1 is 0.462 bits per heavy atom. The maximum absolute atomic E-state index is 6.15. The molecule has 1 unspecified atom stereocenters. The standard InChI is InChI=1S/C47H30N4O/c1-2-12-30(13-3-1)45-48-46(50-47(49-45)34-22-24-43-38(27-34)37-19-8-9-20-42(37)52-43)33-16-10-17-35(25-33)51-40-23-21-29-11-6-7-18-36(29)44(40)39-26-31-14-4-5-15-32(31)28-41(39)51/h1-28,46H,(H,48,49,50). The molecule has 1 N–H and O–H groups in total. The minimum Gasteiger partial charge on any atom is -0.456 e. The average Bonchev–Trinajstić information content (AvgIpc) is 3.75. The molecule has 2 aromatic heterocycles. The number of aromatic nitrogens is 1. The van der Waals surface area contributed by atoms with Crippen LogP contribution in [0.5, 0.6) is 0 Å². The fourth-order valence-corrected chi connectivity index (χ4v) is 7.94. The average molecular weight is 667 g/mol. The second kappa shape index (κ2) is 11.3. The second-order valence-corrected chi connectivity index (χ2v) is 13.5. The third-order valence-corrected chi connectivity index (χ3v) is 10.4. The first-order valence-electron chi connectivity index (χ1n) is 17.6. The van der Waals surface area contributed by atoms with Crippen molar-refractivity contribution in [2.45, 2.75) is 6.17 Å². The van der Waals surface area contributed by atoms with Crippen molar-refractivity contribution in [2.24, 2.45) is 9.98 Å². The van der Waals surface area contributed by atoms with Gasteiger partial charge in [-0.2, -0.15) is 0 Å². The maximum Gasteiger partial charge on any atom is 0.169 e. The van der Waals surface area contributed by atoms with Gasteiger partial charge in [-0.15, -0.1) is 0 Å². The number of amidine groups is 2. The summed E-state index contributed by atoms with van der Waals surface area (Å²) in [4.78, 5) is 10.5. The number of fused-ring (bicyclic) bond motifs is 9. The molecule has 8 aromatic carbocycles. The Labute approximate surface area is 298 Å². The fourth-order valence-electron chi connectivity index (χ4n) is 7.94. The molecule has 0 radical (unpaired) electrons. The Morgan fingerprint density at radius 3 is 2.04 bits per heavy atom. The van der Waals surface area contributed by atoms with Crippen LogP contribution in [0.2, 0.25) is 0 Å². The van der Waals surface area contributed by atoms with Crippen LogP contribution in [-0.4, -0.2) is 16.2 Å². The Balaban J connectivity index is 1.11. The molecule has 0 bridgehead atoms. The number of hydrogen-bond donors (Lipinski definition) is 1. The predicted octanol–water partition coefficient (Wildman–Crippen LogP) is 11.5. The number of benzene rings is 8. The van der Waals surface area contributed by atoms with Gasteiger partial charge >= 0.3 is 0 Å². The van der Waals surface area contributed by atoms with Crippen molar-refractivity contribution in [3.63, 3.8) is 0 Å². The molecule has 52 heavy (non-hydrogen) atoms. The smallest absolute Gasteiger partial charge is 0.169 e. The number of rotatable bonds is 4. The van der Waals surface area contributed by atoms with Crippen LogP contribution in [-0.2, 0) is 0 Å². The van der Waals surface area contributed by atoms with E-state index in [0.29, 0.717) is 0 Å². The summed E-state index contributed by atoms with van der Waals surface area (Å²) in [7, 11) is 0. The van der Waals surface area contributed by atoms with Crippen molar-refractivity contribution >= 4 is 77.0 Å². The quantitative estimate of drug-likeness (QED) is 0.203. The van der Waals surface area contributed by atoms with Gasteiger partial charge < -0.3 is 14.3 Å². The molecule has 0 fully saturated rings. The third kappa shape index (κ3) is 4.49. The van der Waals surface area contributed by atoms with Gasteiger partial charge in [-0.05, 0) is 76.1 Å². The Hall–Kier alpha value is -6.98. The SMILES string of the molecule is c1ccc(C2=NC(c3cccc(-n4c5cc6ccccc6cc5c5c6ccccc6ccc54)c3)N=C(c3ccc4oc5ccccc5c4c3)N2)cc1. The van der Waals surface area contributed by atoms with Gasteiger partial charge in [0, 0.05) is 43.9 Å². The summed E-state index contributed by atoms with van der Waals surface area (Å²) in [6.45, 7) is 0. The summed E-state index contributed by atoms with van der Waals surface area (Å²) in [5.74, 6) is 1.55. The molecule has 0 aliphatic carbocycles. The zero-order valence-electron chi connectivity index (χ0n) is 28.0. The van der Waals surface area contributed by atoms with E-state index >= 15 is 0 Å². The van der Waals surface area contributed by atoms with E-state index in [1.165, 1.54) is 43.4 Å². The van der Waals surface area contributed by atoms with E-state index in [1.807, 2.05) is 42.5 Å². The lowest BCUT2D eigenvalue weighted by atomic mass is 10.0. The highest BCUT2D eigenvalue weighted by Crippen LogP contribution is 2.39. The van der Waals surface area contributed by atoms with Crippen molar-refractivity contribution < 1.29 is 4.42 Å². The summed E-state index contributed by atoms with van der Waals surface area (Å²) in [5.41, 5.74) is 8.14. The molecule has 5 nitrogen and oxygen atoms in total. The van der Waals surface area contributed by atoms with E-state index in [0.717, 1.165) is 56.0 Å². The largest absolute Gasteiger partial charge is 0.456 e.